The predicted molar refractivity (Wildman–Crippen MR) is 70.3 cm³/mol. The first-order valence-corrected chi connectivity index (χ1v) is 6.56. The van der Waals surface area contributed by atoms with E-state index in [-0.39, 0.29) is 5.82 Å². The molecule has 0 amide bonds. The Morgan fingerprint density at radius 2 is 2.17 bits per heavy atom. The van der Waals surface area contributed by atoms with Gasteiger partial charge >= 0.3 is 0 Å². The summed E-state index contributed by atoms with van der Waals surface area (Å²) in [5.74, 6) is -0.271. The van der Waals surface area contributed by atoms with Crippen molar-refractivity contribution < 1.29 is 4.39 Å². The van der Waals surface area contributed by atoms with Crippen LogP contribution in [-0.2, 0) is 13.0 Å². The van der Waals surface area contributed by atoms with Gasteiger partial charge in [0.1, 0.15) is 5.82 Å². The SMILES string of the molecule is Cc1nn2c(c1-c1ccc(Cl)cc1F)CCCC2. The van der Waals surface area contributed by atoms with E-state index < -0.39 is 0 Å². The number of aromatic nitrogens is 2. The lowest BCUT2D eigenvalue weighted by Gasteiger charge is -2.15. The Morgan fingerprint density at radius 3 is 2.94 bits per heavy atom. The van der Waals surface area contributed by atoms with E-state index in [0.717, 1.165) is 42.8 Å². The molecule has 0 fully saturated rings. The lowest BCUT2D eigenvalue weighted by atomic mass is 9.98. The van der Waals surface area contributed by atoms with Crippen molar-refractivity contribution in [3.63, 3.8) is 0 Å². The maximum Gasteiger partial charge on any atom is 0.132 e. The highest BCUT2D eigenvalue weighted by Gasteiger charge is 2.21. The Hall–Kier alpha value is -1.35. The highest BCUT2D eigenvalue weighted by atomic mass is 35.5. The third-order valence-corrected chi connectivity index (χ3v) is 3.70. The van der Waals surface area contributed by atoms with E-state index >= 15 is 0 Å². The Bertz CT molecular complexity index is 604. The van der Waals surface area contributed by atoms with E-state index in [9.17, 15) is 4.39 Å². The van der Waals surface area contributed by atoms with Crippen molar-refractivity contribution in [1.29, 1.82) is 0 Å². The van der Waals surface area contributed by atoms with Crippen LogP contribution in [0.25, 0.3) is 11.1 Å². The molecule has 0 saturated heterocycles. The molecule has 2 nitrogen and oxygen atoms in total. The molecule has 1 aromatic heterocycles. The van der Waals surface area contributed by atoms with Crippen LogP contribution in [0.5, 0.6) is 0 Å². The van der Waals surface area contributed by atoms with Gasteiger partial charge in [0.2, 0.25) is 0 Å². The van der Waals surface area contributed by atoms with Gasteiger partial charge in [0.05, 0.1) is 5.69 Å². The lowest BCUT2D eigenvalue weighted by Crippen LogP contribution is -2.11. The molecule has 0 bridgehead atoms. The van der Waals surface area contributed by atoms with Crippen molar-refractivity contribution in [1.82, 2.24) is 9.78 Å². The molecule has 1 aliphatic rings. The summed E-state index contributed by atoms with van der Waals surface area (Å²) in [6.07, 6.45) is 3.27. The second kappa shape index (κ2) is 4.39. The van der Waals surface area contributed by atoms with Gasteiger partial charge in [-0.1, -0.05) is 11.6 Å². The van der Waals surface area contributed by atoms with E-state index in [0.29, 0.717) is 10.6 Å². The molecule has 0 N–H and O–H groups in total. The number of hydrogen-bond donors (Lipinski definition) is 0. The molecule has 0 unspecified atom stereocenters. The zero-order valence-corrected chi connectivity index (χ0v) is 11.0. The summed E-state index contributed by atoms with van der Waals surface area (Å²) in [6, 6.07) is 4.84. The van der Waals surface area contributed by atoms with Gasteiger partial charge in [-0.15, -0.1) is 0 Å². The molecule has 0 spiro atoms. The first-order chi connectivity index (χ1) is 8.66. The second-order valence-corrected chi connectivity index (χ2v) is 5.15. The number of hydrogen-bond acceptors (Lipinski definition) is 1. The standard InChI is InChI=1S/C14H14ClFN2/c1-9-14(11-6-5-10(15)8-12(11)16)13-4-2-3-7-18(13)17-9/h5-6,8H,2-4,7H2,1H3. The number of rotatable bonds is 1. The van der Waals surface area contributed by atoms with Crippen LogP contribution in [0, 0.1) is 12.7 Å². The van der Waals surface area contributed by atoms with Crippen molar-refractivity contribution >= 4 is 11.6 Å². The van der Waals surface area contributed by atoms with Gasteiger partial charge in [0, 0.05) is 28.4 Å². The molecule has 94 valence electrons. The summed E-state index contributed by atoms with van der Waals surface area (Å²) in [6.45, 7) is 2.88. The number of nitrogens with zero attached hydrogens (tertiary/aromatic N) is 2. The Labute approximate surface area is 110 Å². The van der Waals surface area contributed by atoms with Crippen molar-refractivity contribution in [3.05, 3.63) is 40.4 Å². The van der Waals surface area contributed by atoms with Crippen LogP contribution < -0.4 is 0 Å². The molecular weight excluding hydrogens is 251 g/mol. The Balaban J connectivity index is 2.19. The molecule has 2 aromatic rings. The summed E-state index contributed by atoms with van der Waals surface area (Å²) in [4.78, 5) is 0. The van der Waals surface area contributed by atoms with E-state index in [2.05, 4.69) is 5.10 Å². The zero-order chi connectivity index (χ0) is 12.7. The van der Waals surface area contributed by atoms with Gasteiger partial charge < -0.3 is 0 Å². The molecule has 0 aliphatic carbocycles. The molecular formula is C14H14ClFN2. The molecule has 0 saturated carbocycles. The van der Waals surface area contributed by atoms with Crippen LogP contribution in [0.3, 0.4) is 0 Å². The Kier molecular flexibility index (Phi) is 2.86. The average Bonchev–Trinajstić information content (AvgIpc) is 2.66. The molecule has 0 radical (unpaired) electrons. The molecule has 3 rings (SSSR count). The first kappa shape index (κ1) is 11.7. The minimum atomic E-state index is -0.271. The Morgan fingerprint density at radius 1 is 1.33 bits per heavy atom. The molecule has 4 heteroatoms. The van der Waals surface area contributed by atoms with Gasteiger partial charge in [0.25, 0.3) is 0 Å². The van der Waals surface area contributed by atoms with E-state index in [1.165, 1.54) is 6.07 Å². The molecule has 1 aromatic carbocycles. The monoisotopic (exact) mass is 264 g/mol. The predicted octanol–water partition coefficient (Wildman–Crippen LogP) is 3.99. The number of aryl methyl sites for hydroxylation is 2. The highest BCUT2D eigenvalue weighted by molar-refractivity contribution is 6.30. The van der Waals surface area contributed by atoms with E-state index in [1.807, 2.05) is 11.6 Å². The van der Waals surface area contributed by atoms with Gasteiger partial charge in [-0.3, -0.25) is 4.68 Å². The maximum absolute atomic E-state index is 14.0. The van der Waals surface area contributed by atoms with Gasteiger partial charge in [0.15, 0.2) is 0 Å². The summed E-state index contributed by atoms with van der Waals surface area (Å²) >= 11 is 5.80. The first-order valence-electron chi connectivity index (χ1n) is 6.18. The lowest BCUT2D eigenvalue weighted by molar-refractivity contribution is 0.485. The highest BCUT2D eigenvalue weighted by Crippen LogP contribution is 2.33. The van der Waals surface area contributed by atoms with Gasteiger partial charge in [-0.2, -0.15) is 5.10 Å². The van der Waals surface area contributed by atoms with Gasteiger partial charge in [-0.25, -0.2) is 4.39 Å². The number of fused-ring (bicyclic) bond motifs is 1. The van der Waals surface area contributed by atoms with Crippen molar-refractivity contribution in [2.75, 3.05) is 0 Å². The number of benzene rings is 1. The number of halogens is 2. The molecule has 0 atom stereocenters. The molecule has 18 heavy (non-hydrogen) atoms. The minimum Gasteiger partial charge on any atom is -0.269 e. The third-order valence-electron chi connectivity index (χ3n) is 3.47. The third kappa shape index (κ3) is 1.83. The topological polar surface area (TPSA) is 17.8 Å². The van der Waals surface area contributed by atoms with Crippen molar-refractivity contribution in [2.45, 2.75) is 32.7 Å². The van der Waals surface area contributed by atoms with Crippen LogP contribution in [0.1, 0.15) is 24.2 Å². The summed E-state index contributed by atoms with van der Waals surface area (Å²) in [7, 11) is 0. The largest absolute Gasteiger partial charge is 0.269 e. The van der Waals surface area contributed by atoms with Crippen LogP contribution >= 0.6 is 11.6 Å². The molecule has 1 aliphatic heterocycles. The average molecular weight is 265 g/mol. The van der Waals surface area contributed by atoms with Crippen molar-refractivity contribution in [3.8, 4) is 11.1 Å². The summed E-state index contributed by atoms with van der Waals surface area (Å²) in [5.41, 5.74) is 3.61. The van der Waals surface area contributed by atoms with E-state index in [1.54, 1.807) is 12.1 Å². The fourth-order valence-electron chi connectivity index (χ4n) is 2.66. The summed E-state index contributed by atoms with van der Waals surface area (Å²) < 4.78 is 16.1. The zero-order valence-electron chi connectivity index (χ0n) is 10.2. The quantitative estimate of drug-likeness (QED) is 0.762. The van der Waals surface area contributed by atoms with Gasteiger partial charge in [-0.05, 0) is 44.4 Å². The van der Waals surface area contributed by atoms with Crippen LogP contribution in [0.15, 0.2) is 18.2 Å². The maximum atomic E-state index is 14.0. The fourth-order valence-corrected chi connectivity index (χ4v) is 2.82. The normalized spacial score (nSPS) is 14.6. The van der Waals surface area contributed by atoms with E-state index in [4.69, 9.17) is 11.6 Å². The van der Waals surface area contributed by atoms with Crippen molar-refractivity contribution in [2.24, 2.45) is 0 Å². The minimum absolute atomic E-state index is 0.271. The summed E-state index contributed by atoms with van der Waals surface area (Å²) in [5, 5.41) is 4.93. The fraction of sp³-hybridized carbons (Fsp3) is 0.357. The van der Waals surface area contributed by atoms with Crippen LogP contribution in [0.4, 0.5) is 4.39 Å². The second-order valence-electron chi connectivity index (χ2n) is 4.71. The molecule has 2 heterocycles. The van der Waals surface area contributed by atoms with Crippen LogP contribution in [-0.4, -0.2) is 9.78 Å². The smallest absolute Gasteiger partial charge is 0.132 e. The van der Waals surface area contributed by atoms with Crippen LogP contribution in [0.2, 0.25) is 5.02 Å².